The van der Waals surface area contributed by atoms with Crippen LogP contribution in [0.3, 0.4) is 0 Å². The van der Waals surface area contributed by atoms with Crippen LogP contribution in [0.4, 0.5) is 0 Å². The van der Waals surface area contributed by atoms with Crippen molar-refractivity contribution in [3.05, 3.63) is 34.9 Å². The van der Waals surface area contributed by atoms with Crippen molar-refractivity contribution in [2.75, 3.05) is 0 Å². The monoisotopic (exact) mass is 208 g/mol. The second kappa shape index (κ2) is 5.32. The smallest absolute Gasteiger partial charge is 0.146 e. The molecular weight excluding hydrogens is 188 g/mol. The van der Waals surface area contributed by atoms with E-state index in [-0.39, 0.29) is 6.10 Å². The maximum Gasteiger partial charge on any atom is 0.146 e. The van der Waals surface area contributed by atoms with Gasteiger partial charge in [-0.15, -0.1) is 0 Å². The molecule has 1 aromatic rings. The van der Waals surface area contributed by atoms with Gasteiger partial charge in [0.1, 0.15) is 10.5 Å². The molecule has 2 heteroatoms. The Labute approximate surface area is 90.0 Å². The zero-order valence-electron chi connectivity index (χ0n) is 9.63. The lowest BCUT2D eigenvalue weighted by atomic mass is 9.95. The Kier molecular flexibility index (Phi) is 4.36. The van der Waals surface area contributed by atoms with E-state index in [1.165, 1.54) is 16.7 Å². The van der Waals surface area contributed by atoms with Crippen molar-refractivity contribution in [1.29, 1.82) is 0 Å². The van der Waals surface area contributed by atoms with Gasteiger partial charge in [0, 0.05) is 0 Å². The maximum atomic E-state index is 5.52. The quantitative estimate of drug-likeness (QED) is 0.689. The lowest BCUT2D eigenvalue weighted by Gasteiger charge is -2.17. The van der Waals surface area contributed by atoms with Gasteiger partial charge in [-0.1, -0.05) is 32.0 Å². The third kappa shape index (κ3) is 2.25. The zero-order valence-corrected chi connectivity index (χ0v) is 11.6. The van der Waals surface area contributed by atoms with E-state index in [1.54, 1.807) is 0 Å². The Hall–Kier alpha value is -0.603. The summed E-state index contributed by atoms with van der Waals surface area (Å²) in [7, 11) is 0.808. The van der Waals surface area contributed by atoms with Crippen molar-refractivity contribution >= 4 is 10.5 Å². The Morgan fingerprint density at radius 2 is 2.00 bits per heavy atom. The summed E-state index contributed by atoms with van der Waals surface area (Å²) in [5.41, 5.74) is 4.33. The first-order valence-corrected chi connectivity index (χ1v) is 6.19. The molecule has 0 aliphatic heterocycles. The molecule has 1 nitrogen and oxygen atoms in total. The molecule has 14 heavy (non-hydrogen) atoms. The second-order valence-electron chi connectivity index (χ2n) is 3.57. The van der Waals surface area contributed by atoms with Crippen LogP contribution in [0.5, 0.6) is 0 Å². The lowest BCUT2D eigenvalue weighted by Crippen LogP contribution is -2.04. The van der Waals surface area contributed by atoms with E-state index in [9.17, 15) is 0 Å². The van der Waals surface area contributed by atoms with Crippen molar-refractivity contribution in [2.24, 2.45) is 0 Å². The predicted octanol–water partition coefficient (Wildman–Crippen LogP) is 2.17. The third-order valence-electron chi connectivity index (χ3n) is 2.84. The van der Waals surface area contributed by atoms with E-state index in [0.29, 0.717) is 0 Å². The van der Waals surface area contributed by atoms with Gasteiger partial charge in [0.25, 0.3) is 0 Å². The molecule has 0 radical (unpaired) electrons. The molecule has 78 valence electrons. The molecular formula is C12H20OSi. The molecule has 1 aromatic carbocycles. The summed E-state index contributed by atoms with van der Waals surface area (Å²) < 4.78 is 5.52. The number of rotatable bonds is 4. The Balaban J connectivity index is 3.14. The van der Waals surface area contributed by atoms with Crippen LogP contribution in [0.2, 0.25) is 0 Å². The summed E-state index contributed by atoms with van der Waals surface area (Å²) in [5, 5.41) is 0. The highest BCUT2D eigenvalue weighted by Gasteiger charge is 2.10. The minimum atomic E-state index is 0.267. The van der Waals surface area contributed by atoms with E-state index in [2.05, 4.69) is 39.0 Å². The summed E-state index contributed by atoms with van der Waals surface area (Å²) in [6, 6.07) is 6.56. The standard InChI is InChI=1S/C12H20OSi/c1-4-10-7-6-8-12(9(3)13-14)11(10)5-2/h6-9H,4-5H2,1-3,14H3. The highest BCUT2D eigenvalue weighted by molar-refractivity contribution is 5.98. The summed E-state index contributed by atoms with van der Waals surface area (Å²) in [4.78, 5) is 0. The van der Waals surface area contributed by atoms with Crippen molar-refractivity contribution < 1.29 is 4.43 Å². The topological polar surface area (TPSA) is 9.23 Å². The molecule has 0 spiro atoms. The van der Waals surface area contributed by atoms with E-state index < -0.39 is 0 Å². The summed E-state index contributed by atoms with van der Waals surface area (Å²) in [6.45, 7) is 6.57. The van der Waals surface area contributed by atoms with Crippen molar-refractivity contribution in [2.45, 2.75) is 39.7 Å². The average molecular weight is 208 g/mol. The largest absolute Gasteiger partial charge is 0.421 e. The molecule has 0 aliphatic carbocycles. The minimum absolute atomic E-state index is 0.267. The van der Waals surface area contributed by atoms with Gasteiger partial charge in [-0.25, -0.2) is 0 Å². The van der Waals surface area contributed by atoms with E-state index in [4.69, 9.17) is 4.43 Å². The van der Waals surface area contributed by atoms with Gasteiger partial charge in [-0.05, 0) is 36.5 Å². The van der Waals surface area contributed by atoms with E-state index in [1.807, 2.05) is 0 Å². The van der Waals surface area contributed by atoms with E-state index in [0.717, 1.165) is 23.3 Å². The summed E-state index contributed by atoms with van der Waals surface area (Å²) in [6.07, 6.45) is 2.49. The molecule has 0 heterocycles. The fourth-order valence-electron chi connectivity index (χ4n) is 1.92. The first-order valence-electron chi connectivity index (χ1n) is 5.38. The Morgan fingerprint density at radius 1 is 1.29 bits per heavy atom. The predicted molar refractivity (Wildman–Crippen MR) is 64.6 cm³/mol. The van der Waals surface area contributed by atoms with Gasteiger partial charge in [-0.2, -0.15) is 0 Å². The number of aryl methyl sites for hydroxylation is 1. The molecule has 0 saturated carbocycles. The molecule has 0 fully saturated rings. The molecule has 0 amide bonds. The van der Waals surface area contributed by atoms with Gasteiger partial charge < -0.3 is 4.43 Å². The molecule has 1 atom stereocenters. The Bertz CT molecular complexity index is 296. The number of benzene rings is 1. The summed E-state index contributed by atoms with van der Waals surface area (Å²) >= 11 is 0. The molecule has 0 N–H and O–H groups in total. The van der Waals surface area contributed by atoms with Crippen LogP contribution in [-0.4, -0.2) is 10.5 Å². The third-order valence-corrected chi connectivity index (χ3v) is 3.54. The van der Waals surface area contributed by atoms with Gasteiger partial charge in [-0.3, -0.25) is 0 Å². The van der Waals surface area contributed by atoms with Gasteiger partial charge >= 0.3 is 0 Å². The fraction of sp³-hybridized carbons (Fsp3) is 0.500. The van der Waals surface area contributed by atoms with Gasteiger partial charge in [0.05, 0.1) is 6.10 Å². The fourth-order valence-corrected chi connectivity index (χ4v) is 2.18. The molecule has 0 aliphatic rings. The van der Waals surface area contributed by atoms with Crippen molar-refractivity contribution in [3.63, 3.8) is 0 Å². The lowest BCUT2D eigenvalue weighted by molar-refractivity contribution is 0.249. The first-order chi connectivity index (χ1) is 6.74. The number of hydrogen-bond acceptors (Lipinski definition) is 1. The van der Waals surface area contributed by atoms with Crippen LogP contribution in [0.1, 0.15) is 43.6 Å². The molecule has 0 aromatic heterocycles. The second-order valence-corrected chi connectivity index (χ2v) is 4.04. The van der Waals surface area contributed by atoms with Crippen LogP contribution in [-0.2, 0) is 17.3 Å². The molecule has 1 unspecified atom stereocenters. The van der Waals surface area contributed by atoms with Crippen LogP contribution in [0, 0.1) is 0 Å². The van der Waals surface area contributed by atoms with Gasteiger partial charge in [0.15, 0.2) is 0 Å². The molecule has 1 rings (SSSR count). The van der Waals surface area contributed by atoms with Crippen molar-refractivity contribution in [3.8, 4) is 0 Å². The zero-order chi connectivity index (χ0) is 10.6. The van der Waals surface area contributed by atoms with Crippen LogP contribution in [0.15, 0.2) is 18.2 Å². The maximum absolute atomic E-state index is 5.52. The Morgan fingerprint density at radius 3 is 2.50 bits per heavy atom. The van der Waals surface area contributed by atoms with E-state index >= 15 is 0 Å². The SMILES string of the molecule is CCc1cccc(C(C)O[SiH3])c1CC. The highest BCUT2D eigenvalue weighted by Crippen LogP contribution is 2.24. The first kappa shape index (κ1) is 11.5. The van der Waals surface area contributed by atoms with Crippen LogP contribution < -0.4 is 0 Å². The van der Waals surface area contributed by atoms with Crippen LogP contribution >= 0.6 is 0 Å². The number of hydrogen-bond donors (Lipinski definition) is 0. The highest BCUT2D eigenvalue weighted by atomic mass is 28.2. The molecule has 0 bridgehead atoms. The summed E-state index contributed by atoms with van der Waals surface area (Å²) in [5.74, 6) is 0. The average Bonchev–Trinajstić information content (AvgIpc) is 2.26. The van der Waals surface area contributed by atoms with Crippen molar-refractivity contribution in [1.82, 2.24) is 0 Å². The molecule has 0 saturated heterocycles. The normalized spacial score (nSPS) is 13.1. The van der Waals surface area contributed by atoms with Crippen LogP contribution in [0.25, 0.3) is 0 Å². The van der Waals surface area contributed by atoms with Gasteiger partial charge in [0.2, 0.25) is 0 Å². The minimum Gasteiger partial charge on any atom is -0.421 e.